The van der Waals surface area contributed by atoms with Crippen molar-refractivity contribution in [2.75, 3.05) is 6.61 Å². The van der Waals surface area contributed by atoms with E-state index >= 15 is 0 Å². The zero-order chi connectivity index (χ0) is 43.6. The molecule has 0 spiro atoms. The molecule has 0 saturated carbocycles. The maximum Gasteiger partial charge on any atom is 0.0776 e. The van der Waals surface area contributed by atoms with Crippen molar-refractivity contribution in [2.24, 2.45) is 7.05 Å². The van der Waals surface area contributed by atoms with Crippen molar-refractivity contribution in [3.63, 3.8) is 0 Å². The highest BCUT2D eigenvalue weighted by Crippen LogP contribution is 2.57. The predicted molar refractivity (Wildman–Crippen MR) is 274 cm³/mol. The Hall–Kier alpha value is -5.42. The van der Waals surface area contributed by atoms with Gasteiger partial charge in [-0.2, -0.15) is 0 Å². The van der Waals surface area contributed by atoms with Crippen LogP contribution in [0.25, 0.3) is 78.0 Å². The van der Waals surface area contributed by atoms with Crippen LogP contribution in [-0.4, -0.2) is 29.4 Å². The Kier molecular flexibility index (Phi) is 10.8. The summed E-state index contributed by atoms with van der Waals surface area (Å²) >= 11 is 0. The van der Waals surface area contributed by atoms with Gasteiger partial charge in [0.15, 0.2) is 0 Å². The summed E-state index contributed by atoms with van der Waals surface area (Å²) in [5.41, 5.74) is 20.6. The summed E-state index contributed by atoms with van der Waals surface area (Å²) < 4.78 is 10.9. The Labute approximate surface area is 376 Å². The number of hydrogen-bond donors (Lipinski definition) is 0. The van der Waals surface area contributed by atoms with E-state index in [4.69, 9.17) is 4.74 Å². The van der Waals surface area contributed by atoms with Gasteiger partial charge in [0.2, 0.25) is 0 Å². The number of benzene rings is 6. The highest BCUT2D eigenvalue weighted by Gasteiger charge is 2.51. The molecule has 0 N–H and O–H groups in total. The van der Waals surface area contributed by atoms with E-state index in [2.05, 4.69) is 198 Å². The van der Waals surface area contributed by atoms with Gasteiger partial charge in [0.05, 0.1) is 13.7 Å². The van der Waals surface area contributed by atoms with Gasteiger partial charge in [0.25, 0.3) is 0 Å². The maximum absolute atomic E-state index is 5.98. The van der Waals surface area contributed by atoms with E-state index in [1.807, 2.05) is 0 Å². The Morgan fingerprint density at radius 1 is 0.540 bits per heavy atom. The Morgan fingerprint density at radius 2 is 1.03 bits per heavy atom. The fourth-order valence-corrected chi connectivity index (χ4v) is 18.5. The van der Waals surface area contributed by atoms with Gasteiger partial charge >= 0.3 is 0 Å². The summed E-state index contributed by atoms with van der Waals surface area (Å²) in [6, 6.07) is 49.1. The van der Waals surface area contributed by atoms with E-state index in [9.17, 15) is 0 Å². The minimum absolute atomic E-state index is 0.0589. The molecule has 0 saturated heterocycles. The van der Waals surface area contributed by atoms with Gasteiger partial charge in [-0.05, 0) is 128 Å². The van der Waals surface area contributed by atoms with Crippen LogP contribution in [0.5, 0.6) is 0 Å². The number of unbranched alkanes of at least 4 members (excludes halogenated alkanes) is 3. The maximum atomic E-state index is 5.98. The minimum atomic E-state index is -2.09. The molecule has 2 atom stereocenters. The SMILES string of the molecule is CC[Si](CC)(C1C(C)=Cc2c(-c3ccc4c(c3)c3ccccc3n4C)cccc21)C1C(C)=Cc2c(-c3ccc4c(c3)c3ccccc3n4CCCCCCOC(C)(C)C)cccc21. The quantitative estimate of drug-likeness (QED) is 0.0836. The molecule has 63 heavy (non-hydrogen) atoms. The first-order valence-electron chi connectivity index (χ1n) is 23.8. The van der Waals surface area contributed by atoms with Crippen molar-refractivity contribution in [3.8, 4) is 22.3 Å². The second-order valence-electron chi connectivity index (χ2n) is 19.8. The van der Waals surface area contributed by atoms with Gasteiger partial charge < -0.3 is 13.9 Å². The summed E-state index contributed by atoms with van der Waals surface area (Å²) in [5.74, 6) is 0. The number of rotatable bonds is 13. The van der Waals surface area contributed by atoms with E-state index < -0.39 is 8.07 Å². The van der Waals surface area contributed by atoms with E-state index in [0.717, 1.165) is 19.6 Å². The Bertz CT molecular complexity index is 3110. The number of aromatic nitrogens is 2. The molecule has 320 valence electrons. The van der Waals surface area contributed by atoms with Crippen molar-refractivity contribution in [3.05, 3.63) is 155 Å². The smallest absolute Gasteiger partial charge is 0.0776 e. The molecule has 4 heteroatoms. The van der Waals surface area contributed by atoms with Gasteiger partial charge in [-0.25, -0.2) is 0 Å². The van der Waals surface area contributed by atoms with E-state index in [-0.39, 0.29) is 5.60 Å². The van der Waals surface area contributed by atoms with Crippen LogP contribution in [0.15, 0.2) is 132 Å². The molecule has 8 aromatic rings. The molecule has 0 bridgehead atoms. The van der Waals surface area contributed by atoms with Crippen LogP contribution >= 0.6 is 0 Å². The highest BCUT2D eigenvalue weighted by atomic mass is 28.3. The van der Waals surface area contributed by atoms with Gasteiger partial charge in [0.1, 0.15) is 0 Å². The lowest BCUT2D eigenvalue weighted by atomic mass is 9.95. The van der Waals surface area contributed by atoms with E-state index in [1.165, 1.54) is 108 Å². The van der Waals surface area contributed by atoms with Crippen LogP contribution in [0.4, 0.5) is 0 Å². The van der Waals surface area contributed by atoms with E-state index in [0.29, 0.717) is 11.1 Å². The van der Waals surface area contributed by atoms with Crippen LogP contribution in [0.3, 0.4) is 0 Å². The van der Waals surface area contributed by atoms with Crippen LogP contribution in [0.1, 0.15) is 107 Å². The molecular formula is C59H64N2OSi. The van der Waals surface area contributed by atoms with Crippen molar-refractivity contribution in [1.82, 2.24) is 9.13 Å². The summed E-state index contributed by atoms with van der Waals surface area (Å²) in [7, 11) is 0.101. The van der Waals surface area contributed by atoms with Crippen LogP contribution < -0.4 is 0 Å². The monoisotopic (exact) mass is 844 g/mol. The Morgan fingerprint density at radius 3 is 1.62 bits per heavy atom. The van der Waals surface area contributed by atoms with E-state index in [1.54, 1.807) is 22.3 Å². The molecule has 0 aliphatic heterocycles. The van der Waals surface area contributed by atoms with Crippen molar-refractivity contribution in [1.29, 1.82) is 0 Å². The number of fused-ring (bicyclic) bond motifs is 8. The Balaban J connectivity index is 0.983. The molecule has 10 rings (SSSR count). The normalized spacial score (nSPS) is 16.4. The molecule has 3 nitrogen and oxygen atoms in total. The molecule has 0 fully saturated rings. The van der Waals surface area contributed by atoms with Crippen LogP contribution in [0, 0.1) is 0 Å². The fraction of sp³-hybridized carbons (Fsp3) is 0.322. The van der Waals surface area contributed by atoms with Crippen molar-refractivity contribution >= 4 is 63.8 Å². The summed E-state index contributed by atoms with van der Waals surface area (Å²) in [6.07, 6.45) is 9.86. The molecule has 2 heterocycles. The number of allylic oxidation sites excluding steroid dienone is 2. The lowest BCUT2D eigenvalue weighted by Gasteiger charge is -2.44. The molecule has 2 aromatic heterocycles. The third kappa shape index (κ3) is 6.96. The van der Waals surface area contributed by atoms with Crippen molar-refractivity contribution < 1.29 is 4.74 Å². The van der Waals surface area contributed by atoms with Gasteiger partial charge in [-0.3, -0.25) is 0 Å². The fourth-order valence-electron chi connectivity index (χ4n) is 12.3. The molecule has 0 amide bonds. The van der Waals surface area contributed by atoms with Gasteiger partial charge in [0, 0.05) is 74.9 Å². The topological polar surface area (TPSA) is 19.1 Å². The average Bonchev–Trinajstić information content (AvgIpc) is 4.00. The zero-order valence-corrected chi connectivity index (χ0v) is 39.8. The molecule has 2 aliphatic rings. The molecule has 0 radical (unpaired) electrons. The number of hydrogen-bond acceptors (Lipinski definition) is 1. The lowest BCUT2D eigenvalue weighted by molar-refractivity contribution is -0.00475. The van der Waals surface area contributed by atoms with Crippen LogP contribution in [0.2, 0.25) is 12.1 Å². The van der Waals surface area contributed by atoms with Gasteiger partial charge in [-0.1, -0.05) is 147 Å². The second-order valence-corrected chi connectivity index (χ2v) is 24.8. The first-order valence-corrected chi connectivity index (χ1v) is 26.3. The first-order chi connectivity index (χ1) is 30.5. The second kappa shape index (κ2) is 16.3. The molecule has 2 aliphatic carbocycles. The summed E-state index contributed by atoms with van der Waals surface area (Å²) in [4.78, 5) is 0. The minimum Gasteiger partial charge on any atom is -0.376 e. The third-order valence-corrected chi connectivity index (χ3v) is 21.6. The first kappa shape index (κ1) is 41.6. The number of nitrogens with zero attached hydrogens (tertiary/aromatic N) is 2. The number of aryl methyl sites for hydroxylation is 2. The lowest BCUT2D eigenvalue weighted by Crippen LogP contribution is -2.47. The van der Waals surface area contributed by atoms with Gasteiger partial charge in [-0.15, -0.1) is 0 Å². The standard InChI is InChI=1S/C59H64N2OSi/c1-9-63(10-2,57-39(3)35-49-43(23-19-25-47(49)57)41-29-31-54-51(37-41)45-21-13-15-27-53(45)60(54)8)58-40(4)36-50-44(24-20-26-48(50)58)42-30-32-56-52(38-42)46-22-14-16-28-55(46)61(56)33-17-11-12-18-34-62-59(5,6)7/h13-16,19-32,35-38,57-58H,9-12,17-18,33-34H2,1-8H3. The molecule has 2 unspecified atom stereocenters. The highest BCUT2D eigenvalue weighted by molar-refractivity contribution is 6.84. The number of ether oxygens (including phenoxy) is 1. The summed E-state index contributed by atoms with van der Waals surface area (Å²) in [5, 5.41) is 5.37. The largest absolute Gasteiger partial charge is 0.376 e. The summed E-state index contributed by atoms with van der Waals surface area (Å²) in [6.45, 7) is 18.2. The third-order valence-electron chi connectivity index (χ3n) is 15.1. The average molecular weight is 845 g/mol. The zero-order valence-electron chi connectivity index (χ0n) is 38.8. The van der Waals surface area contributed by atoms with Crippen molar-refractivity contribution in [2.45, 2.75) is 109 Å². The van der Waals surface area contributed by atoms with Crippen LogP contribution in [-0.2, 0) is 18.3 Å². The predicted octanol–water partition coefficient (Wildman–Crippen LogP) is 16.4. The molecule has 6 aromatic carbocycles. The number of para-hydroxylation sites is 2. The molecular weight excluding hydrogens is 781 g/mol.